The molecule has 0 aliphatic heterocycles. The molecule has 10 atom stereocenters. The van der Waals surface area contributed by atoms with Gasteiger partial charge in [0.25, 0.3) is 0 Å². The molecule has 33 heavy (non-hydrogen) atoms. The molecule has 0 heterocycles. The number of fused-ring (bicyclic) bond motifs is 5. The van der Waals surface area contributed by atoms with Crippen molar-refractivity contribution in [2.24, 2.45) is 45.3 Å². The van der Waals surface area contributed by atoms with Crippen LogP contribution in [-0.4, -0.2) is 33.1 Å². The predicted molar refractivity (Wildman–Crippen MR) is 136 cm³/mol. The summed E-state index contributed by atoms with van der Waals surface area (Å²) in [6, 6.07) is 0. The monoisotopic (exact) mass is 460 g/mol. The maximum Gasteiger partial charge on any atom is 0.0653 e. The summed E-state index contributed by atoms with van der Waals surface area (Å²) in [7, 11) is 0. The number of aliphatic hydroxyl groups is 3. The minimum atomic E-state index is -0.685. The van der Waals surface area contributed by atoms with Crippen molar-refractivity contribution >= 4 is 0 Å². The molecule has 3 nitrogen and oxygen atoms in total. The minimum absolute atomic E-state index is 0.0627. The molecule has 0 radical (unpaired) electrons. The van der Waals surface area contributed by atoms with Gasteiger partial charge in [0.1, 0.15) is 0 Å². The Morgan fingerprint density at radius 2 is 1.58 bits per heavy atom. The summed E-state index contributed by atoms with van der Waals surface area (Å²) in [5.41, 5.74) is 0.817. The highest BCUT2D eigenvalue weighted by Crippen LogP contribution is 2.75. The normalized spacial score (nSPS) is 50.5. The van der Waals surface area contributed by atoms with Crippen LogP contribution in [0.2, 0.25) is 0 Å². The smallest absolute Gasteiger partial charge is 0.0653 e. The third-order valence-electron chi connectivity index (χ3n) is 12.3. The zero-order valence-electron chi connectivity index (χ0n) is 22.7. The summed E-state index contributed by atoms with van der Waals surface area (Å²) in [5, 5.41) is 34.3. The van der Waals surface area contributed by atoms with Crippen LogP contribution in [-0.2, 0) is 0 Å². The van der Waals surface area contributed by atoms with Crippen LogP contribution in [0.3, 0.4) is 0 Å². The van der Waals surface area contributed by atoms with Crippen LogP contribution in [0.25, 0.3) is 0 Å². The molecule has 4 rings (SSSR count). The Balaban J connectivity index is 1.66. The second-order valence-electron chi connectivity index (χ2n) is 14.5. The summed E-state index contributed by atoms with van der Waals surface area (Å²) in [4.78, 5) is 0. The number of hydrogen-bond donors (Lipinski definition) is 3. The summed E-state index contributed by atoms with van der Waals surface area (Å²) in [6.07, 6.45) is 10.6. The zero-order chi connectivity index (χ0) is 24.6. The quantitative estimate of drug-likeness (QED) is 0.420. The number of aliphatic hydroxyl groups excluding tert-OH is 2. The maximum absolute atomic E-state index is 11.9. The molecular weight excluding hydrogens is 408 g/mol. The minimum Gasteiger partial charge on any atom is -0.393 e. The lowest BCUT2D eigenvalue weighted by Crippen LogP contribution is -2.67. The molecule has 0 bridgehead atoms. The van der Waals surface area contributed by atoms with Gasteiger partial charge in [-0.25, -0.2) is 0 Å². The zero-order valence-corrected chi connectivity index (χ0v) is 22.7. The van der Waals surface area contributed by atoms with Gasteiger partial charge in [0.2, 0.25) is 0 Å². The van der Waals surface area contributed by atoms with Gasteiger partial charge in [-0.15, -0.1) is 0 Å². The van der Waals surface area contributed by atoms with Crippen molar-refractivity contribution in [1.29, 1.82) is 0 Å². The van der Waals surface area contributed by atoms with E-state index in [4.69, 9.17) is 0 Å². The molecule has 0 amide bonds. The first-order valence-corrected chi connectivity index (χ1v) is 13.8. The highest BCUT2D eigenvalue weighted by molar-refractivity contribution is 5.20. The third-order valence-corrected chi connectivity index (χ3v) is 12.3. The van der Waals surface area contributed by atoms with E-state index in [1.54, 1.807) is 0 Å². The highest BCUT2D eigenvalue weighted by atomic mass is 16.3. The van der Waals surface area contributed by atoms with Crippen molar-refractivity contribution in [2.75, 3.05) is 0 Å². The molecule has 3 heteroatoms. The molecule has 0 spiro atoms. The Hall–Kier alpha value is -0.380. The molecule has 4 saturated carbocycles. The van der Waals surface area contributed by atoms with E-state index >= 15 is 0 Å². The van der Waals surface area contributed by atoms with Crippen molar-refractivity contribution in [2.45, 2.75) is 131 Å². The van der Waals surface area contributed by atoms with E-state index in [1.165, 1.54) is 5.57 Å². The fourth-order valence-corrected chi connectivity index (χ4v) is 10.4. The molecule has 4 fully saturated rings. The Morgan fingerprint density at radius 1 is 0.939 bits per heavy atom. The first kappa shape index (κ1) is 25.7. The Morgan fingerprint density at radius 3 is 2.21 bits per heavy atom. The largest absolute Gasteiger partial charge is 0.393 e. The first-order chi connectivity index (χ1) is 15.1. The topological polar surface area (TPSA) is 60.7 Å². The number of rotatable bonds is 4. The molecule has 0 saturated heterocycles. The molecule has 3 N–H and O–H groups in total. The van der Waals surface area contributed by atoms with Crippen molar-refractivity contribution in [3.8, 4) is 0 Å². The Kier molecular flexibility index (Phi) is 6.28. The van der Waals surface area contributed by atoms with Crippen molar-refractivity contribution in [3.63, 3.8) is 0 Å². The van der Waals surface area contributed by atoms with Crippen molar-refractivity contribution in [1.82, 2.24) is 0 Å². The summed E-state index contributed by atoms with van der Waals surface area (Å²) in [6.45, 7) is 18.3. The van der Waals surface area contributed by atoms with E-state index in [0.717, 1.165) is 57.8 Å². The maximum atomic E-state index is 11.9. The summed E-state index contributed by atoms with van der Waals surface area (Å²) >= 11 is 0. The van der Waals surface area contributed by atoms with E-state index in [2.05, 4.69) is 61.5 Å². The third kappa shape index (κ3) is 3.61. The van der Waals surface area contributed by atoms with Gasteiger partial charge in [0.15, 0.2) is 0 Å². The van der Waals surface area contributed by atoms with E-state index < -0.39 is 5.60 Å². The second kappa shape index (κ2) is 8.07. The van der Waals surface area contributed by atoms with Crippen LogP contribution in [0.5, 0.6) is 0 Å². The van der Waals surface area contributed by atoms with Gasteiger partial charge in [-0.2, -0.15) is 0 Å². The average molecular weight is 461 g/mol. The van der Waals surface area contributed by atoms with E-state index in [0.29, 0.717) is 11.8 Å². The van der Waals surface area contributed by atoms with Gasteiger partial charge in [-0.1, -0.05) is 46.3 Å². The van der Waals surface area contributed by atoms with Crippen LogP contribution < -0.4 is 0 Å². The van der Waals surface area contributed by atoms with E-state index in [-0.39, 0.29) is 45.7 Å². The fraction of sp³-hybridized carbons (Fsp3) is 0.933. The Labute approximate surface area is 203 Å². The van der Waals surface area contributed by atoms with Gasteiger partial charge in [-0.05, 0) is 124 Å². The van der Waals surface area contributed by atoms with Crippen LogP contribution >= 0.6 is 0 Å². The predicted octanol–water partition coefficient (Wildman–Crippen LogP) is 6.50. The van der Waals surface area contributed by atoms with Crippen LogP contribution in [0.15, 0.2) is 11.6 Å². The first-order valence-electron chi connectivity index (χ1n) is 13.8. The van der Waals surface area contributed by atoms with E-state index in [9.17, 15) is 15.3 Å². The summed E-state index contributed by atoms with van der Waals surface area (Å²) in [5.74, 6) is 1.35. The molecule has 0 aromatic heterocycles. The molecule has 4 aliphatic carbocycles. The molecular formula is C30H52O3. The second-order valence-corrected chi connectivity index (χ2v) is 14.5. The van der Waals surface area contributed by atoms with Crippen LogP contribution in [0, 0.1) is 45.3 Å². The SMILES string of the molecule is CC(C)=CCC[C@](C)(O)[C@@H]1CC[C@]2(C)[C@@H]1C[C@@H](O)[C@@H]1[C@@]3(C)CC[C@@H](O)C(C)(C)[C@@H]3CC[C@]12C. The molecule has 0 aromatic carbocycles. The van der Waals surface area contributed by atoms with Crippen molar-refractivity contribution in [3.05, 3.63) is 11.6 Å². The summed E-state index contributed by atoms with van der Waals surface area (Å²) < 4.78 is 0. The van der Waals surface area contributed by atoms with Gasteiger partial charge in [-0.3, -0.25) is 0 Å². The molecule has 0 unspecified atom stereocenters. The fourth-order valence-electron chi connectivity index (χ4n) is 10.4. The lowest BCUT2D eigenvalue weighted by molar-refractivity contribution is -0.256. The van der Waals surface area contributed by atoms with Gasteiger partial charge in [0, 0.05) is 0 Å². The number of allylic oxidation sites excluding steroid dienone is 2. The van der Waals surface area contributed by atoms with Gasteiger partial charge >= 0.3 is 0 Å². The van der Waals surface area contributed by atoms with Crippen LogP contribution in [0.1, 0.15) is 113 Å². The lowest BCUT2D eigenvalue weighted by Gasteiger charge is -2.70. The molecule has 190 valence electrons. The lowest BCUT2D eigenvalue weighted by atomic mass is 9.35. The van der Waals surface area contributed by atoms with Gasteiger partial charge in [0.05, 0.1) is 17.8 Å². The van der Waals surface area contributed by atoms with E-state index in [1.807, 2.05) is 0 Å². The number of hydrogen-bond acceptors (Lipinski definition) is 3. The standard InChI is InChI=1S/C30H52O3/c1-19(2)10-9-14-30(8,33)20-11-16-28(6)21(20)18-22(31)25-27(5)15-13-24(32)26(3,4)23(27)12-17-29(25,28)7/h10,20-25,31-33H,9,11-18H2,1-8H3/t20-,21-,22-,23+,24-,25-,27+,28-,29-,30+/m1/s1. The average Bonchev–Trinajstić information content (AvgIpc) is 3.03. The Bertz CT molecular complexity index is 779. The molecule has 0 aromatic rings. The van der Waals surface area contributed by atoms with Crippen LogP contribution in [0.4, 0.5) is 0 Å². The van der Waals surface area contributed by atoms with Crippen molar-refractivity contribution < 1.29 is 15.3 Å². The molecule has 4 aliphatic rings. The van der Waals surface area contributed by atoms with Gasteiger partial charge < -0.3 is 15.3 Å². The highest BCUT2D eigenvalue weighted by Gasteiger charge is 2.71.